The lowest BCUT2D eigenvalue weighted by atomic mass is 10.1. The Morgan fingerprint density at radius 2 is 1.61 bits per heavy atom. The number of rotatable bonds is 8. The standard InChI is InChI=1S/C24H33N5O2/c1-3-25-23(27-17-20-10-12-22(13-11-20)28-24(30)31-2)26-16-19-6-8-21(9-7-19)18-29-14-4-5-15-29/h6-13H,3-5,14-18H2,1-2H3,(H,28,30)(H2,25,26,27). The van der Waals surface area contributed by atoms with E-state index < -0.39 is 6.09 Å². The van der Waals surface area contributed by atoms with Gasteiger partial charge in [-0.05, 0) is 61.7 Å². The van der Waals surface area contributed by atoms with E-state index in [1.807, 2.05) is 24.3 Å². The summed E-state index contributed by atoms with van der Waals surface area (Å²) in [7, 11) is 1.34. The van der Waals surface area contributed by atoms with Crippen LogP contribution in [0.25, 0.3) is 0 Å². The van der Waals surface area contributed by atoms with E-state index in [9.17, 15) is 4.79 Å². The van der Waals surface area contributed by atoms with Crippen molar-refractivity contribution in [2.45, 2.75) is 39.4 Å². The quantitative estimate of drug-likeness (QED) is 0.446. The molecule has 1 fully saturated rings. The summed E-state index contributed by atoms with van der Waals surface area (Å²) in [6.07, 6.45) is 2.17. The van der Waals surface area contributed by atoms with E-state index in [1.165, 1.54) is 44.2 Å². The maximum Gasteiger partial charge on any atom is 0.411 e. The van der Waals surface area contributed by atoms with E-state index in [0.29, 0.717) is 12.2 Å². The smallest absolute Gasteiger partial charge is 0.411 e. The molecule has 7 heteroatoms. The molecule has 3 N–H and O–H groups in total. The zero-order chi connectivity index (χ0) is 21.9. The second-order valence-electron chi connectivity index (χ2n) is 7.66. The predicted molar refractivity (Wildman–Crippen MR) is 125 cm³/mol. The molecule has 0 spiro atoms. The van der Waals surface area contributed by atoms with Crippen molar-refractivity contribution < 1.29 is 9.53 Å². The number of carbonyl (C=O) groups is 1. The Bertz CT molecular complexity index is 843. The van der Waals surface area contributed by atoms with Gasteiger partial charge in [-0.2, -0.15) is 0 Å². The molecule has 0 aromatic heterocycles. The zero-order valence-electron chi connectivity index (χ0n) is 18.5. The van der Waals surface area contributed by atoms with Gasteiger partial charge in [-0.15, -0.1) is 0 Å². The summed E-state index contributed by atoms with van der Waals surface area (Å²) in [5, 5.41) is 9.33. The summed E-state index contributed by atoms with van der Waals surface area (Å²) in [6.45, 7) is 7.60. The number of nitrogens with one attached hydrogen (secondary N) is 3. The average molecular weight is 424 g/mol. The largest absolute Gasteiger partial charge is 0.453 e. The highest BCUT2D eigenvalue weighted by Gasteiger charge is 2.11. The Morgan fingerprint density at radius 1 is 0.968 bits per heavy atom. The molecule has 3 rings (SSSR count). The van der Waals surface area contributed by atoms with Gasteiger partial charge in [0, 0.05) is 25.3 Å². The number of methoxy groups -OCH3 is 1. The summed E-state index contributed by atoms with van der Waals surface area (Å²) < 4.78 is 4.60. The van der Waals surface area contributed by atoms with Crippen LogP contribution in [0.2, 0.25) is 0 Å². The van der Waals surface area contributed by atoms with Crippen LogP contribution in [0.1, 0.15) is 36.5 Å². The van der Waals surface area contributed by atoms with Crippen molar-refractivity contribution in [3.63, 3.8) is 0 Å². The third kappa shape index (κ3) is 7.61. The monoisotopic (exact) mass is 423 g/mol. The zero-order valence-corrected chi connectivity index (χ0v) is 18.5. The van der Waals surface area contributed by atoms with E-state index in [1.54, 1.807) is 0 Å². The fraction of sp³-hybridized carbons (Fsp3) is 0.417. The van der Waals surface area contributed by atoms with Crippen LogP contribution in [0.15, 0.2) is 53.5 Å². The van der Waals surface area contributed by atoms with Crippen LogP contribution in [0.5, 0.6) is 0 Å². The Balaban J connectivity index is 1.50. The minimum Gasteiger partial charge on any atom is -0.453 e. The average Bonchev–Trinajstić information content (AvgIpc) is 3.30. The van der Waals surface area contributed by atoms with Gasteiger partial charge in [-0.25, -0.2) is 9.79 Å². The van der Waals surface area contributed by atoms with E-state index in [4.69, 9.17) is 0 Å². The molecule has 0 atom stereocenters. The van der Waals surface area contributed by atoms with Crippen LogP contribution in [-0.2, 0) is 24.4 Å². The maximum absolute atomic E-state index is 11.3. The lowest BCUT2D eigenvalue weighted by Crippen LogP contribution is -2.36. The highest BCUT2D eigenvalue weighted by molar-refractivity contribution is 5.84. The van der Waals surface area contributed by atoms with Crippen molar-refractivity contribution in [1.29, 1.82) is 0 Å². The summed E-state index contributed by atoms with van der Waals surface area (Å²) in [4.78, 5) is 18.4. The molecule has 31 heavy (non-hydrogen) atoms. The Kier molecular flexibility index (Phi) is 8.72. The van der Waals surface area contributed by atoms with Crippen molar-refractivity contribution in [3.8, 4) is 0 Å². The normalized spacial score (nSPS) is 14.3. The van der Waals surface area contributed by atoms with Gasteiger partial charge in [0.1, 0.15) is 0 Å². The molecule has 2 aromatic rings. The van der Waals surface area contributed by atoms with Crippen LogP contribution in [0.3, 0.4) is 0 Å². The van der Waals surface area contributed by atoms with Gasteiger partial charge in [0.25, 0.3) is 0 Å². The van der Waals surface area contributed by atoms with Gasteiger partial charge in [-0.3, -0.25) is 10.2 Å². The van der Waals surface area contributed by atoms with Gasteiger partial charge in [0.15, 0.2) is 5.96 Å². The van der Waals surface area contributed by atoms with Gasteiger partial charge >= 0.3 is 6.09 Å². The summed E-state index contributed by atoms with van der Waals surface area (Å²) in [5.41, 5.74) is 4.35. The van der Waals surface area contributed by atoms with Crippen molar-refractivity contribution in [3.05, 3.63) is 65.2 Å². The Morgan fingerprint density at radius 3 is 2.26 bits per heavy atom. The van der Waals surface area contributed by atoms with Crippen molar-refractivity contribution in [2.75, 3.05) is 32.1 Å². The van der Waals surface area contributed by atoms with Crippen molar-refractivity contribution in [1.82, 2.24) is 15.5 Å². The number of amides is 1. The molecule has 0 radical (unpaired) electrons. The van der Waals surface area contributed by atoms with E-state index in [0.717, 1.165) is 31.2 Å². The second kappa shape index (κ2) is 12.0. The first-order valence-electron chi connectivity index (χ1n) is 10.9. The summed E-state index contributed by atoms with van der Waals surface area (Å²) in [5.74, 6) is 0.778. The molecule has 0 saturated carbocycles. The van der Waals surface area contributed by atoms with Crippen molar-refractivity contribution in [2.24, 2.45) is 4.99 Å². The van der Waals surface area contributed by atoms with Crippen molar-refractivity contribution >= 4 is 17.7 Å². The molecule has 166 valence electrons. The second-order valence-corrected chi connectivity index (χ2v) is 7.66. The van der Waals surface area contributed by atoms with Crippen LogP contribution in [0.4, 0.5) is 10.5 Å². The molecule has 1 amide bonds. The number of guanidine groups is 1. The molecule has 0 aliphatic carbocycles. The molecule has 1 heterocycles. The molecular weight excluding hydrogens is 390 g/mol. The topological polar surface area (TPSA) is 78.0 Å². The molecule has 1 saturated heterocycles. The van der Waals surface area contributed by atoms with Crippen LogP contribution >= 0.6 is 0 Å². The molecule has 1 aliphatic rings. The third-order valence-corrected chi connectivity index (χ3v) is 5.24. The minimum atomic E-state index is -0.478. The molecule has 0 unspecified atom stereocenters. The number of benzene rings is 2. The van der Waals surface area contributed by atoms with Gasteiger partial charge in [0.05, 0.1) is 13.7 Å². The highest BCUT2D eigenvalue weighted by atomic mass is 16.5. The number of ether oxygens (including phenoxy) is 1. The predicted octanol–water partition coefficient (Wildman–Crippen LogP) is 3.72. The lowest BCUT2D eigenvalue weighted by molar-refractivity contribution is 0.187. The molecule has 2 aromatic carbocycles. The van der Waals surface area contributed by atoms with E-state index >= 15 is 0 Å². The van der Waals surface area contributed by atoms with Crippen LogP contribution < -0.4 is 16.0 Å². The first-order chi connectivity index (χ1) is 15.2. The number of hydrogen-bond donors (Lipinski definition) is 3. The van der Waals surface area contributed by atoms with Gasteiger partial charge < -0.3 is 15.4 Å². The van der Waals surface area contributed by atoms with Crippen LogP contribution in [0, 0.1) is 0 Å². The number of nitrogens with zero attached hydrogens (tertiary/aromatic N) is 2. The summed E-state index contributed by atoms with van der Waals surface area (Å²) in [6, 6.07) is 16.4. The van der Waals surface area contributed by atoms with Gasteiger partial charge in [-0.1, -0.05) is 36.4 Å². The highest BCUT2D eigenvalue weighted by Crippen LogP contribution is 2.13. The van der Waals surface area contributed by atoms with Crippen LogP contribution in [-0.4, -0.2) is 43.7 Å². The fourth-order valence-corrected chi connectivity index (χ4v) is 3.52. The number of hydrogen-bond acceptors (Lipinski definition) is 4. The number of carbonyl (C=O) groups excluding carboxylic acids is 1. The molecular formula is C24H33N5O2. The Labute approximate surface area is 184 Å². The first-order valence-corrected chi connectivity index (χ1v) is 10.9. The fourth-order valence-electron chi connectivity index (χ4n) is 3.52. The SMILES string of the molecule is CCNC(=NCc1ccc(NC(=O)OC)cc1)NCc1ccc(CN2CCCC2)cc1. The molecule has 1 aliphatic heterocycles. The maximum atomic E-state index is 11.3. The number of aliphatic imine (C=N–C) groups is 1. The molecule has 0 bridgehead atoms. The lowest BCUT2D eigenvalue weighted by Gasteiger charge is -2.15. The van der Waals surface area contributed by atoms with Gasteiger partial charge in [0.2, 0.25) is 0 Å². The van der Waals surface area contributed by atoms with E-state index in [-0.39, 0.29) is 0 Å². The summed E-state index contributed by atoms with van der Waals surface area (Å²) >= 11 is 0. The first kappa shape index (κ1) is 22.6. The third-order valence-electron chi connectivity index (χ3n) is 5.24. The minimum absolute atomic E-state index is 0.478. The molecule has 7 nitrogen and oxygen atoms in total. The number of likely N-dealkylation sites (tertiary alicyclic amines) is 1. The Hall–Kier alpha value is -3.06. The van der Waals surface area contributed by atoms with E-state index in [2.05, 4.69) is 61.8 Å². The number of anilines is 1.